The molecular formula is C13H18BrNO. The van der Waals surface area contributed by atoms with Gasteiger partial charge in [0.15, 0.2) is 0 Å². The summed E-state index contributed by atoms with van der Waals surface area (Å²) in [5.41, 5.74) is 3.87. The highest BCUT2D eigenvalue weighted by Crippen LogP contribution is 2.39. The first-order chi connectivity index (χ1) is 7.65. The van der Waals surface area contributed by atoms with Crippen LogP contribution in [0.25, 0.3) is 0 Å². The summed E-state index contributed by atoms with van der Waals surface area (Å²) in [4.78, 5) is 0. The molecule has 0 amide bonds. The number of benzene rings is 1. The van der Waals surface area contributed by atoms with Gasteiger partial charge in [0.2, 0.25) is 0 Å². The molecule has 88 valence electrons. The van der Waals surface area contributed by atoms with Crippen LogP contribution in [0.3, 0.4) is 0 Å². The summed E-state index contributed by atoms with van der Waals surface area (Å²) in [6, 6.07) is 2.70. The molecule has 0 spiro atoms. The first-order valence-corrected chi connectivity index (χ1v) is 6.51. The van der Waals surface area contributed by atoms with Crippen molar-refractivity contribution in [1.82, 2.24) is 5.32 Å². The van der Waals surface area contributed by atoms with E-state index in [1.54, 1.807) is 7.11 Å². The average Bonchev–Trinajstić information content (AvgIpc) is 2.79. The quantitative estimate of drug-likeness (QED) is 0.897. The van der Waals surface area contributed by atoms with Crippen molar-refractivity contribution < 1.29 is 4.74 Å². The van der Waals surface area contributed by atoms with Crippen molar-refractivity contribution in [3.63, 3.8) is 0 Å². The molecule has 1 atom stereocenters. The molecule has 1 unspecified atom stereocenters. The van der Waals surface area contributed by atoms with E-state index in [4.69, 9.17) is 4.74 Å². The topological polar surface area (TPSA) is 21.3 Å². The Kier molecular flexibility index (Phi) is 3.55. The summed E-state index contributed by atoms with van der Waals surface area (Å²) >= 11 is 3.64. The summed E-state index contributed by atoms with van der Waals surface area (Å²) in [6.45, 7) is 5.38. The van der Waals surface area contributed by atoms with E-state index in [9.17, 15) is 0 Å². The van der Waals surface area contributed by atoms with Crippen LogP contribution in [-0.4, -0.2) is 13.7 Å². The van der Waals surface area contributed by atoms with Crippen LogP contribution in [0.2, 0.25) is 0 Å². The van der Waals surface area contributed by atoms with Crippen LogP contribution in [0.1, 0.15) is 35.6 Å². The maximum atomic E-state index is 5.54. The number of rotatable bonds is 2. The van der Waals surface area contributed by atoms with Crippen LogP contribution in [-0.2, 0) is 0 Å². The molecule has 1 aromatic carbocycles. The van der Waals surface area contributed by atoms with Gasteiger partial charge in [-0.2, -0.15) is 0 Å². The van der Waals surface area contributed by atoms with Crippen LogP contribution in [0.4, 0.5) is 0 Å². The fourth-order valence-corrected chi connectivity index (χ4v) is 3.00. The van der Waals surface area contributed by atoms with Gasteiger partial charge in [0.05, 0.1) is 11.6 Å². The van der Waals surface area contributed by atoms with Crippen LogP contribution >= 0.6 is 15.9 Å². The Morgan fingerprint density at radius 2 is 2.19 bits per heavy atom. The van der Waals surface area contributed by atoms with E-state index in [0.29, 0.717) is 6.04 Å². The second-order valence-electron chi connectivity index (χ2n) is 4.40. The Morgan fingerprint density at radius 3 is 2.75 bits per heavy atom. The summed E-state index contributed by atoms with van der Waals surface area (Å²) in [7, 11) is 1.74. The van der Waals surface area contributed by atoms with Crippen molar-refractivity contribution in [2.24, 2.45) is 0 Å². The molecule has 1 aliphatic heterocycles. The predicted octanol–water partition coefficient (Wildman–Crippen LogP) is 3.50. The minimum Gasteiger partial charge on any atom is -0.495 e. The predicted molar refractivity (Wildman–Crippen MR) is 70.1 cm³/mol. The van der Waals surface area contributed by atoms with E-state index in [-0.39, 0.29) is 0 Å². The van der Waals surface area contributed by atoms with Crippen LogP contribution in [0, 0.1) is 13.8 Å². The SMILES string of the molecule is COc1c(C2CCCN2)cc(C)c(C)c1Br. The van der Waals surface area contributed by atoms with Gasteiger partial charge in [-0.3, -0.25) is 0 Å². The Morgan fingerprint density at radius 1 is 1.44 bits per heavy atom. The van der Waals surface area contributed by atoms with Crippen LogP contribution in [0.15, 0.2) is 10.5 Å². The van der Waals surface area contributed by atoms with Gasteiger partial charge >= 0.3 is 0 Å². The first-order valence-electron chi connectivity index (χ1n) is 5.72. The summed E-state index contributed by atoms with van der Waals surface area (Å²) in [5, 5.41) is 3.52. The third-order valence-electron chi connectivity index (χ3n) is 3.39. The van der Waals surface area contributed by atoms with Crippen molar-refractivity contribution in [1.29, 1.82) is 0 Å². The average molecular weight is 284 g/mol. The second-order valence-corrected chi connectivity index (χ2v) is 5.20. The molecule has 1 fully saturated rings. The van der Waals surface area contributed by atoms with Gasteiger partial charge in [0, 0.05) is 11.6 Å². The largest absolute Gasteiger partial charge is 0.495 e. The summed E-state index contributed by atoms with van der Waals surface area (Å²) in [5.74, 6) is 0.988. The van der Waals surface area contributed by atoms with Gasteiger partial charge in [0.1, 0.15) is 5.75 Å². The maximum absolute atomic E-state index is 5.54. The number of hydrogen-bond acceptors (Lipinski definition) is 2. The molecule has 1 N–H and O–H groups in total. The van der Waals surface area contributed by atoms with Crippen molar-refractivity contribution in [2.45, 2.75) is 32.7 Å². The third kappa shape index (κ3) is 1.98. The number of ether oxygens (including phenoxy) is 1. The third-order valence-corrected chi connectivity index (χ3v) is 4.35. The van der Waals surface area contributed by atoms with E-state index in [2.05, 4.69) is 41.2 Å². The minimum absolute atomic E-state index is 0.450. The molecule has 1 aromatic rings. The van der Waals surface area contributed by atoms with E-state index in [1.165, 1.54) is 29.5 Å². The Labute approximate surface area is 106 Å². The molecule has 1 heterocycles. The number of halogens is 1. The lowest BCUT2D eigenvalue weighted by Crippen LogP contribution is -2.14. The molecule has 0 saturated carbocycles. The molecule has 16 heavy (non-hydrogen) atoms. The van der Waals surface area contributed by atoms with Crippen molar-refractivity contribution in [2.75, 3.05) is 13.7 Å². The molecule has 3 heteroatoms. The summed E-state index contributed by atoms with van der Waals surface area (Å²) < 4.78 is 6.63. The zero-order chi connectivity index (χ0) is 11.7. The zero-order valence-electron chi connectivity index (χ0n) is 10.1. The van der Waals surface area contributed by atoms with Crippen molar-refractivity contribution in [3.8, 4) is 5.75 Å². The summed E-state index contributed by atoms with van der Waals surface area (Å²) in [6.07, 6.45) is 2.45. The van der Waals surface area contributed by atoms with Crippen molar-refractivity contribution >= 4 is 15.9 Å². The first kappa shape index (κ1) is 11.9. The highest BCUT2D eigenvalue weighted by atomic mass is 79.9. The lowest BCUT2D eigenvalue weighted by atomic mass is 9.98. The lowest BCUT2D eigenvalue weighted by molar-refractivity contribution is 0.400. The van der Waals surface area contributed by atoms with E-state index >= 15 is 0 Å². The molecular weight excluding hydrogens is 266 g/mol. The van der Waals surface area contributed by atoms with Gasteiger partial charge in [0.25, 0.3) is 0 Å². The normalized spacial score (nSPS) is 20.1. The maximum Gasteiger partial charge on any atom is 0.138 e. The van der Waals surface area contributed by atoms with Crippen molar-refractivity contribution in [3.05, 3.63) is 27.2 Å². The standard InChI is InChI=1S/C13H18BrNO/c1-8-7-10(11-5-4-6-15-11)13(16-3)12(14)9(8)2/h7,11,15H,4-6H2,1-3H3. The van der Waals surface area contributed by atoms with Gasteiger partial charge in [-0.15, -0.1) is 0 Å². The highest BCUT2D eigenvalue weighted by Gasteiger charge is 2.22. The van der Waals surface area contributed by atoms with E-state index in [1.807, 2.05) is 0 Å². The van der Waals surface area contributed by atoms with Gasteiger partial charge in [-0.05, 0) is 60.3 Å². The monoisotopic (exact) mass is 283 g/mol. The van der Waals surface area contributed by atoms with E-state index in [0.717, 1.165) is 16.8 Å². The number of hydrogen-bond donors (Lipinski definition) is 1. The molecule has 2 rings (SSSR count). The molecule has 0 aliphatic carbocycles. The minimum atomic E-state index is 0.450. The molecule has 2 nitrogen and oxygen atoms in total. The van der Waals surface area contributed by atoms with Gasteiger partial charge in [-0.1, -0.05) is 6.07 Å². The number of methoxy groups -OCH3 is 1. The lowest BCUT2D eigenvalue weighted by Gasteiger charge is -2.19. The van der Waals surface area contributed by atoms with Gasteiger partial charge < -0.3 is 10.1 Å². The second kappa shape index (κ2) is 4.76. The number of nitrogens with one attached hydrogen (secondary N) is 1. The fraction of sp³-hybridized carbons (Fsp3) is 0.538. The molecule has 0 bridgehead atoms. The zero-order valence-corrected chi connectivity index (χ0v) is 11.6. The molecule has 0 aromatic heterocycles. The van der Waals surface area contributed by atoms with Crippen LogP contribution < -0.4 is 10.1 Å². The number of aryl methyl sites for hydroxylation is 1. The Balaban J connectivity index is 2.50. The Bertz CT molecular complexity index is 397. The molecule has 1 aliphatic rings. The van der Waals surface area contributed by atoms with E-state index < -0.39 is 0 Å². The smallest absolute Gasteiger partial charge is 0.138 e. The molecule has 0 radical (unpaired) electrons. The molecule has 1 saturated heterocycles. The Hall–Kier alpha value is -0.540. The van der Waals surface area contributed by atoms with Crippen LogP contribution in [0.5, 0.6) is 5.75 Å². The fourth-order valence-electron chi connectivity index (χ4n) is 2.29. The van der Waals surface area contributed by atoms with Gasteiger partial charge in [-0.25, -0.2) is 0 Å². The highest BCUT2D eigenvalue weighted by molar-refractivity contribution is 9.10.